The summed E-state index contributed by atoms with van der Waals surface area (Å²) >= 11 is 1.72. The van der Waals surface area contributed by atoms with Gasteiger partial charge < -0.3 is 14.2 Å². The highest BCUT2D eigenvalue weighted by Crippen LogP contribution is 2.25. The molecule has 0 amide bonds. The van der Waals surface area contributed by atoms with Crippen LogP contribution in [-0.2, 0) is 23.8 Å². The maximum Gasteiger partial charge on any atom is 0.303 e. The summed E-state index contributed by atoms with van der Waals surface area (Å²) in [5, 5.41) is 0. The molecule has 5 nitrogen and oxygen atoms in total. The van der Waals surface area contributed by atoms with Crippen molar-refractivity contribution in [2.75, 3.05) is 12.4 Å². The number of ether oxygens (including phenoxy) is 3. The zero-order valence-corrected chi connectivity index (χ0v) is 14.4. The highest BCUT2D eigenvalue weighted by atomic mass is 32.2. The number of esters is 2. The van der Waals surface area contributed by atoms with E-state index in [1.165, 1.54) is 33.1 Å². The Labute approximate surface area is 136 Å². The lowest BCUT2D eigenvalue weighted by Gasteiger charge is -2.31. The van der Waals surface area contributed by atoms with Crippen LogP contribution in [0.5, 0.6) is 0 Å². The summed E-state index contributed by atoms with van der Waals surface area (Å²) in [6.07, 6.45) is 7.64. The van der Waals surface area contributed by atoms with E-state index in [-0.39, 0.29) is 24.0 Å². The molecule has 0 aliphatic carbocycles. The maximum atomic E-state index is 11.1. The molecule has 1 aliphatic rings. The Balaban J connectivity index is 2.46. The topological polar surface area (TPSA) is 61.8 Å². The van der Waals surface area contributed by atoms with E-state index in [9.17, 15) is 9.59 Å². The van der Waals surface area contributed by atoms with Gasteiger partial charge in [-0.15, -0.1) is 11.8 Å². The van der Waals surface area contributed by atoms with Crippen LogP contribution in [0.25, 0.3) is 0 Å². The Hall–Kier alpha value is -1.01. The predicted octanol–water partition coefficient (Wildman–Crippen LogP) is 3.08. The number of rotatable bonds is 9. The Morgan fingerprint density at radius 1 is 1.14 bits per heavy atom. The van der Waals surface area contributed by atoms with Crippen molar-refractivity contribution in [3.8, 4) is 0 Å². The summed E-state index contributed by atoms with van der Waals surface area (Å²) in [6.45, 7) is 4.98. The van der Waals surface area contributed by atoms with Gasteiger partial charge in [-0.3, -0.25) is 9.59 Å². The third-order valence-corrected chi connectivity index (χ3v) is 4.29. The number of unbranched alkanes of at least 4 members (excludes halogenated alkanes) is 3. The van der Waals surface area contributed by atoms with E-state index in [0.29, 0.717) is 0 Å². The van der Waals surface area contributed by atoms with E-state index in [0.717, 1.165) is 12.2 Å². The molecule has 0 bridgehead atoms. The maximum absolute atomic E-state index is 11.1. The van der Waals surface area contributed by atoms with Crippen LogP contribution in [0.1, 0.15) is 46.5 Å². The van der Waals surface area contributed by atoms with E-state index >= 15 is 0 Å². The van der Waals surface area contributed by atoms with Crippen LogP contribution in [-0.4, -0.2) is 41.9 Å². The van der Waals surface area contributed by atoms with Crippen LogP contribution in [0.4, 0.5) is 0 Å². The lowest BCUT2D eigenvalue weighted by Crippen LogP contribution is -2.40. The van der Waals surface area contributed by atoms with E-state index < -0.39 is 12.2 Å². The number of carbonyl (C=O) groups is 2. The van der Waals surface area contributed by atoms with Gasteiger partial charge in [-0.25, -0.2) is 0 Å². The fourth-order valence-electron chi connectivity index (χ4n) is 2.08. The molecule has 0 radical (unpaired) electrons. The third-order valence-electron chi connectivity index (χ3n) is 3.17. The average molecular weight is 330 g/mol. The standard InChI is InChI=1S/C16H26O5S/c1-4-5-6-7-10-22-16-9-8-14(20-13(3)18)15(21-16)11-19-12(2)17/h8-9,14-16H,4-7,10-11H2,1-3H3/t14-,15+,16-/m0/s1. The lowest BCUT2D eigenvalue weighted by molar-refractivity contribution is -0.160. The summed E-state index contributed by atoms with van der Waals surface area (Å²) < 4.78 is 16.1. The van der Waals surface area contributed by atoms with E-state index in [1.807, 2.05) is 12.2 Å². The molecule has 126 valence electrons. The molecule has 0 aromatic heterocycles. The second-order valence-corrected chi connectivity index (χ2v) is 6.44. The van der Waals surface area contributed by atoms with Crippen molar-refractivity contribution in [3.63, 3.8) is 0 Å². The molecule has 1 rings (SSSR count). The predicted molar refractivity (Wildman–Crippen MR) is 86.6 cm³/mol. The van der Waals surface area contributed by atoms with Crippen molar-refractivity contribution in [2.24, 2.45) is 0 Å². The second kappa shape index (κ2) is 10.7. The van der Waals surface area contributed by atoms with Gasteiger partial charge in [0.1, 0.15) is 24.3 Å². The highest BCUT2D eigenvalue weighted by molar-refractivity contribution is 7.99. The van der Waals surface area contributed by atoms with Crippen molar-refractivity contribution >= 4 is 23.7 Å². The van der Waals surface area contributed by atoms with Crippen molar-refractivity contribution in [1.29, 1.82) is 0 Å². The van der Waals surface area contributed by atoms with Gasteiger partial charge in [-0.2, -0.15) is 0 Å². The molecular formula is C16H26O5S. The summed E-state index contributed by atoms with van der Waals surface area (Å²) in [6, 6.07) is 0. The van der Waals surface area contributed by atoms with Crippen LogP contribution in [0.3, 0.4) is 0 Å². The number of hydrogen-bond donors (Lipinski definition) is 0. The van der Waals surface area contributed by atoms with E-state index in [1.54, 1.807) is 11.8 Å². The zero-order chi connectivity index (χ0) is 16.4. The monoisotopic (exact) mass is 330 g/mol. The third kappa shape index (κ3) is 7.84. The van der Waals surface area contributed by atoms with Crippen LogP contribution in [0, 0.1) is 0 Å². The number of carbonyl (C=O) groups excluding carboxylic acids is 2. The summed E-state index contributed by atoms with van der Waals surface area (Å²) in [4.78, 5) is 22.1. The lowest BCUT2D eigenvalue weighted by atomic mass is 10.1. The van der Waals surface area contributed by atoms with Crippen molar-refractivity contribution in [2.45, 2.75) is 64.1 Å². The van der Waals surface area contributed by atoms with Gasteiger partial charge in [0, 0.05) is 13.8 Å². The molecule has 22 heavy (non-hydrogen) atoms. The fraction of sp³-hybridized carbons (Fsp3) is 0.750. The van der Waals surface area contributed by atoms with Crippen molar-refractivity contribution in [3.05, 3.63) is 12.2 Å². The first-order valence-electron chi connectivity index (χ1n) is 7.79. The first-order chi connectivity index (χ1) is 10.5. The van der Waals surface area contributed by atoms with Crippen LogP contribution < -0.4 is 0 Å². The van der Waals surface area contributed by atoms with Gasteiger partial charge in [0.15, 0.2) is 0 Å². The summed E-state index contributed by atoms with van der Waals surface area (Å²) in [5.41, 5.74) is -0.0889. The molecule has 0 N–H and O–H groups in total. The van der Waals surface area contributed by atoms with Crippen molar-refractivity contribution in [1.82, 2.24) is 0 Å². The van der Waals surface area contributed by atoms with Crippen LogP contribution in [0.15, 0.2) is 12.2 Å². The van der Waals surface area contributed by atoms with Gasteiger partial charge in [0.2, 0.25) is 0 Å². The molecule has 0 saturated heterocycles. The molecule has 1 heterocycles. The minimum atomic E-state index is -0.506. The molecule has 3 atom stereocenters. The molecule has 0 saturated carbocycles. The SMILES string of the molecule is CCCCCCS[C@H]1C=C[C@H](OC(C)=O)[C@@H](COC(C)=O)O1. The van der Waals surface area contributed by atoms with Gasteiger partial charge in [-0.1, -0.05) is 26.2 Å². The number of thioether (sulfide) groups is 1. The number of hydrogen-bond acceptors (Lipinski definition) is 6. The molecular weight excluding hydrogens is 304 g/mol. The zero-order valence-electron chi connectivity index (χ0n) is 13.6. The molecule has 0 spiro atoms. The average Bonchev–Trinajstić information content (AvgIpc) is 2.46. The van der Waals surface area contributed by atoms with E-state index in [4.69, 9.17) is 14.2 Å². The van der Waals surface area contributed by atoms with E-state index in [2.05, 4.69) is 6.92 Å². The molecule has 0 unspecified atom stereocenters. The summed E-state index contributed by atoms with van der Waals surface area (Å²) in [7, 11) is 0. The smallest absolute Gasteiger partial charge is 0.303 e. The Bertz CT molecular complexity index is 383. The van der Waals surface area contributed by atoms with Crippen LogP contribution in [0.2, 0.25) is 0 Å². The molecule has 1 aliphatic heterocycles. The first kappa shape index (κ1) is 19.0. The van der Waals surface area contributed by atoms with Gasteiger partial charge in [0.25, 0.3) is 0 Å². The molecule has 0 aromatic carbocycles. The minimum absolute atomic E-state index is 0.0878. The molecule has 0 aromatic rings. The molecule has 0 fully saturated rings. The second-order valence-electron chi connectivity index (χ2n) is 5.24. The largest absolute Gasteiger partial charge is 0.463 e. The Kier molecular flexibility index (Phi) is 9.24. The minimum Gasteiger partial charge on any atom is -0.463 e. The van der Waals surface area contributed by atoms with Gasteiger partial charge in [0.05, 0.1) is 0 Å². The normalized spacial score (nSPS) is 24.0. The van der Waals surface area contributed by atoms with Crippen molar-refractivity contribution < 1.29 is 23.8 Å². The quantitative estimate of drug-likeness (QED) is 0.368. The highest BCUT2D eigenvalue weighted by Gasteiger charge is 2.30. The Morgan fingerprint density at radius 2 is 1.91 bits per heavy atom. The fourth-order valence-corrected chi connectivity index (χ4v) is 3.11. The van der Waals surface area contributed by atoms with Gasteiger partial charge >= 0.3 is 11.9 Å². The first-order valence-corrected chi connectivity index (χ1v) is 8.83. The van der Waals surface area contributed by atoms with Gasteiger partial charge in [-0.05, 0) is 24.3 Å². The van der Waals surface area contributed by atoms with Crippen LogP contribution >= 0.6 is 11.8 Å². The Morgan fingerprint density at radius 3 is 2.55 bits per heavy atom. The molecule has 6 heteroatoms. The summed E-state index contributed by atoms with van der Waals surface area (Å²) in [5.74, 6) is 0.272.